The second kappa shape index (κ2) is 7.48. The maximum atomic E-state index is 13.2. The predicted molar refractivity (Wildman–Crippen MR) is 107 cm³/mol. The molecular weight excluding hydrogens is 398 g/mol. The number of nitrogens with one attached hydrogen (secondary N) is 1. The Morgan fingerprint density at radius 1 is 1.17 bits per heavy atom. The van der Waals surface area contributed by atoms with Crippen LogP contribution in [0, 0.1) is 6.92 Å². The summed E-state index contributed by atoms with van der Waals surface area (Å²) >= 11 is 6.20. The van der Waals surface area contributed by atoms with E-state index in [1.54, 1.807) is 37.3 Å². The minimum Gasteiger partial charge on any atom is -0.495 e. The summed E-state index contributed by atoms with van der Waals surface area (Å²) in [6.45, 7) is 1.74. The number of rotatable bonds is 5. The summed E-state index contributed by atoms with van der Waals surface area (Å²) in [7, 11) is 2.99. The van der Waals surface area contributed by atoms with Gasteiger partial charge in [-0.2, -0.15) is 0 Å². The van der Waals surface area contributed by atoms with Crippen molar-refractivity contribution >= 4 is 34.3 Å². The normalized spacial score (nSPS) is 10.9. The zero-order chi connectivity index (χ0) is 20.5. The minimum absolute atomic E-state index is 0.237. The number of nitrogens with zero attached hydrogens (tertiary/aromatic N) is 2. The van der Waals surface area contributed by atoms with E-state index < -0.39 is 5.91 Å². The first kappa shape index (κ1) is 18.8. The summed E-state index contributed by atoms with van der Waals surface area (Å²) < 4.78 is 21.2. The molecule has 0 bridgehead atoms. The van der Waals surface area contributed by atoms with Crippen LogP contribution in [0.15, 0.2) is 45.5 Å². The number of ether oxygens (including phenoxy) is 2. The number of fused-ring (bicyclic) bond motifs is 1. The van der Waals surface area contributed by atoms with E-state index in [0.29, 0.717) is 50.3 Å². The molecule has 3 heterocycles. The van der Waals surface area contributed by atoms with E-state index in [4.69, 9.17) is 30.0 Å². The lowest BCUT2D eigenvalue weighted by atomic mass is 10.1. The van der Waals surface area contributed by atoms with Gasteiger partial charge < -0.3 is 23.7 Å². The smallest absolute Gasteiger partial charge is 0.259 e. The van der Waals surface area contributed by atoms with Gasteiger partial charge in [0.2, 0.25) is 0 Å². The summed E-state index contributed by atoms with van der Waals surface area (Å²) in [6, 6.07) is 8.25. The molecule has 0 saturated heterocycles. The SMILES string of the molecule is COc1cc(OC)c(NC(=O)c2cc(-c3ccco3)nc3onc(C)c23)cc1Cl. The molecule has 0 aliphatic heterocycles. The summed E-state index contributed by atoms with van der Waals surface area (Å²) in [5.74, 6) is 0.928. The highest BCUT2D eigenvalue weighted by Gasteiger charge is 2.21. The number of anilines is 1. The van der Waals surface area contributed by atoms with Crippen molar-refractivity contribution in [1.82, 2.24) is 10.1 Å². The number of halogens is 1. The first-order valence-corrected chi connectivity index (χ1v) is 8.93. The molecule has 3 aromatic heterocycles. The van der Waals surface area contributed by atoms with Gasteiger partial charge in [-0.15, -0.1) is 0 Å². The van der Waals surface area contributed by atoms with Crippen molar-refractivity contribution in [3.8, 4) is 23.0 Å². The zero-order valence-corrected chi connectivity index (χ0v) is 16.5. The van der Waals surface area contributed by atoms with Crippen LogP contribution >= 0.6 is 11.6 Å². The quantitative estimate of drug-likeness (QED) is 0.505. The molecule has 0 saturated carbocycles. The molecule has 1 amide bonds. The van der Waals surface area contributed by atoms with Gasteiger partial charge in [0.1, 0.15) is 17.2 Å². The molecule has 0 spiro atoms. The zero-order valence-electron chi connectivity index (χ0n) is 15.8. The van der Waals surface area contributed by atoms with Crippen LogP contribution in [-0.4, -0.2) is 30.3 Å². The third-order valence-electron chi connectivity index (χ3n) is 4.36. The van der Waals surface area contributed by atoms with Crippen molar-refractivity contribution in [3.63, 3.8) is 0 Å². The van der Waals surface area contributed by atoms with Crippen molar-refractivity contribution in [1.29, 1.82) is 0 Å². The number of methoxy groups -OCH3 is 2. The summed E-state index contributed by atoms with van der Waals surface area (Å²) in [5.41, 5.74) is 1.95. The highest BCUT2D eigenvalue weighted by Crippen LogP contribution is 2.36. The fourth-order valence-corrected chi connectivity index (χ4v) is 3.21. The highest BCUT2D eigenvalue weighted by atomic mass is 35.5. The van der Waals surface area contributed by atoms with Gasteiger partial charge in [-0.3, -0.25) is 4.79 Å². The third-order valence-corrected chi connectivity index (χ3v) is 4.65. The molecule has 1 aromatic carbocycles. The Hall–Kier alpha value is -3.52. The van der Waals surface area contributed by atoms with Gasteiger partial charge in [0.25, 0.3) is 11.6 Å². The van der Waals surface area contributed by atoms with Gasteiger partial charge in [-0.05, 0) is 31.2 Å². The fourth-order valence-electron chi connectivity index (χ4n) is 2.97. The van der Waals surface area contributed by atoms with Crippen molar-refractivity contribution in [3.05, 3.63) is 52.9 Å². The first-order chi connectivity index (χ1) is 14.0. The van der Waals surface area contributed by atoms with Crippen molar-refractivity contribution < 1.29 is 23.2 Å². The number of amides is 1. The maximum Gasteiger partial charge on any atom is 0.259 e. The Morgan fingerprint density at radius 2 is 1.97 bits per heavy atom. The average molecular weight is 414 g/mol. The number of carbonyl (C=O) groups excluding carboxylic acids is 1. The van der Waals surface area contributed by atoms with E-state index in [1.807, 2.05) is 0 Å². The van der Waals surface area contributed by atoms with E-state index >= 15 is 0 Å². The Kier molecular flexibility index (Phi) is 4.85. The molecule has 4 rings (SSSR count). The van der Waals surface area contributed by atoms with Crippen LogP contribution < -0.4 is 14.8 Å². The van der Waals surface area contributed by atoms with Gasteiger partial charge in [-0.1, -0.05) is 16.8 Å². The number of carbonyl (C=O) groups is 1. The molecule has 1 N–H and O–H groups in total. The fraction of sp³-hybridized carbons (Fsp3) is 0.150. The molecule has 148 valence electrons. The van der Waals surface area contributed by atoms with Crippen LogP contribution in [0.25, 0.3) is 22.6 Å². The van der Waals surface area contributed by atoms with E-state index in [2.05, 4.69) is 15.5 Å². The van der Waals surface area contributed by atoms with Crippen LogP contribution in [-0.2, 0) is 0 Å². The Balaban J connectivity index is 1.80. The van der Waals surface area contributed by atoms with Crippen LogP contribution in [0.1, 0.15) is 16.1 Å². The van der Waals surface area contributed by atoms with Crippen LogP contribution in [0.4, 0.5) is 5.69 Å². The van der Waals surface area contributed by atoms with Gasteiger partial charge in [0.05, 0.1) is 47.8 Å². The molecule has 0 atom stereocenters. The number of benzene rings is 1. The lowest BCUT2D eigenvalue weighted by Crippen LogP contribution is -2.14. The van der Waals surface area contributed by atoms with Crippen molar-refractivity contribution in [2.24, 2.45) is 0 Å². The molecule has 0 fully saturated rings. The lowest BCUT2D eigenvalue weighted by Gasteiger charge is -2.13. The Bertz CT molecular complexity index is 1200. The van der Waals surface area contributed by atoms with Gasteiger partial charge >= 0.3 is 0 Å². The molecule has 0 aliphatic rings. The van der Waals surface area contributed by atoms with E-state index in [0.717, 1.165) is 0 Å². The Labute approximate surface area is 170 Å². The van der Waals surface area contributed by atoms with Gasteiger partial charge in [-0.25, -0.2) is 4.98 Å². The topological polar surface area (TPSA) is 99.6 Å². The lowest BCUT2D eigenvalue weighted by molar-refractivity contribution is 0.102. The van der Waals surface area contributed by atoms with E-state index in [1.165, 1.54) is 20.5 Å². The number of furan rings is 1. The third kappa shape index (κ3) is 3.38. The molecular formula is C20H16ClN3O5. The molecule has 29 heavy (non-hydrogen) atoms. The van der Waals surface area contributed by atoms with Gasteiger partial charge in [0, 0.05) is 6.07 Å². The second-order valence-electron chi connectivity index (χ2n) is 6.12. The number of hydrogen-bond donors (Lipinski definition) is 1. The number of hydrogen-bond acceptors (Lipinski definition) is 7. The van der Waals surface area contributed by atoms with Crippen LogP contribution in [0.5, 0.6) is 11.5 Å². The summed E-state index contributed by atoms with van der Waals surface area (Å²) in [4.78, 5) is 17.6. The molecule has 4 aromatic rings. The minimum atomic E-state index is -0.406. The second-order valence-corrected chi connectivity index (χ2v) is 6.53. The average Bonchev–Trinajstić information content (AvgIpc) is 3.38. The maximum absolute atomic E-state index is 13.2. The van der Waals surface area contributed by atoms with Gasteiger partial charge in [0.15, 0.2) is 5.76 Å². The Morgan fingerprint density at radius 3 is 2.66 bits per heavy atom. The highest BCUT2D eigenvalue weighted by molar-refractivity contribution is 6.32. The standard InChI is InChI=1S/C20H16ClN3O5/c1-10-18-11(7-13(15-5-4-6-28-15)23-20(18)29-24-10)19(25)22-14-8-12(21)16(26-2)9-17(14)27-3/h4-9H,1-3H3,(H,22,25). The summed E-state index contributed by atoms with van der Waals surface area (Å²) in [6.07, 6.45) is 1.52. The number of aryl methyl sites for hydroxylation is 1. The van der Waals surface area contributed by atoms with E-state index in [9.17, 15) is 4.79 Å². The molecule has 0 radical (unpaired) electrons. The monoisotopic (exact) mass is 413 g/mol. The molecule has 8 nitrogen and oxygen atoms in total. The summed E-state index contributed by atoms with van der Waals surface area (Å²) in [5, 5.41) is 7.59. The van der Waals surface area contributed by atoms with Crippen molar-refractivity contribution in [2.75, 3.05) is 19.5 Å². The van der Waals surface area contributed by atoms with Crippen LogP contribution in [0.2, 0.25) is 5.02 Å². The van der Waals surface area contributed by atoms with Crippen LogP contribution in [0.3, 0.4) is 0 Å². The first-order valence-electron chi connectivity index (χ1n) is 8.55. The number of pyridine rings is 1. The predicted octanol–water partition coefficient (Wildman–Crippen LogP) is 4.71. The van der Waals surface area contributed by atoms with E-state index in [-0.39, 0.29) is 5.71 Å². The molecule has 0 aliphatic carbocycles. The molecule has 9 heteroatoms. The van der Waals surface area contributed by atoms with Crippen molar-refractivity contribution in [2.45, 2.75) is 6.92 Å². The number of aromatic nitrogens is 2. The largest absolute Gasteiger partial charge is 0.495 e. The molecule has 0 unspecified atom stereocenters.